The van der Waals surface area contributed by atoms with Gasteiger partial charge in [0.05, 0.1) is 25.4 Å². The zero-order chi connectivity index (χ0) is 50.0. The van der Waals surface area contributed by atoms with Crippen LogP contribution in [0.5, 0.6) is 0 Å². The monoisotopic (exact) mass is 972 g/mol. The number of rotatable bonds is 58. The van der Waals surface area contributed by atoms with Gasteiger partial charge in [-0.2, -0.15) is 0 Å². The molecule has 69 heavy (non-hydrogen) atoms. The normalized spacial score (nSPS) is 12.7. The first-order chi connectivity index (χ1) is 34.0. The van der Waals surface area contributed by atoms with E-state index in [0.717, 1.165) is 64.2 Å². The molecule has 0 aliphatic carbocycles. The van der Waals surface area contributed by atoms with Gasteiger partial charge < -0.3 is 20.3 Å². The van der Waals surface area contributed by atoms with Gasteiger partial charge in [0.25, 0.3) is 0 Å². The van der Waals surface area contributed by atoms with Crippen LogP contribution in [0, 0.1) is 0 Å². The molecule has 0 radical (unpaired) electrons. The Balaban J connectivity index is 3.49. The van der Waals surface area contributed by atoms with Crippen molar-refractivity contribution in [3.63, 3.8) is 0 Å². The lowest BCUT2D eigenvalue weighted by molar-refractivity contribution is -0.143. The standard InChI is InChI=1S/C63H121NO5/c1-3-5-7-9-11-13-15-17-19-20-21-22-23-24-25-28-31-35-39-43-47-51-55-61(66)60(59-65)64-62(67)56-52-48-44-40-36-32-29-26-27-30-34-38-42-46-50-54-58-69-63(68)57-53-49-45-41-37-33-18-16-14-12-10-8-6-4-2/h26,29,51,55,60-61,65-66H,3-25,27-28,30-50,52-54,56-59H2,1-2H3,(H,64,67)/b29-26-,55-51+. The summed E-state index contributed by atoms with van der Waals surface area (Å²) in [6, 6.07) is -0.641. The minimum absolute atomic E-state index is 0.001000. The first-order valence-electron chi connectivity index (χ1n) is 31.1. The van der Waals surface area contributed by atoms with E-state index in [1.54, 1.807) is 6.08 Å². The average Bonchev–Trinajstić information content (AvgIpc) is 3.35. The van der Waals surface area contributed by atoms with Crippen LogP contribution in [-0.2, 0) is 14.3 Å². The Bertz CT molecular complexity index is 1080. The SMILES string of the molecule is CCCCCCCCCCCCCCCCCCCCCC/C=C/C(O)C(CO)NC(=O)CCCCCCC/C=C\CCCCCCCCCOC(=O)CCCCCCCCCCCCCCCC. The molecular weight excluding hydrogens is 851 g/mol. The highest BCUT2D eigenvalue weighted by molar-refractivity contribution is 5.76. The molecular formula is C63H121NO5. The lowest BCUT2D eigenvalue weighted by Gasteiger charge is -2.20. The van der Waals surface area contributed by atoms with E-state index < -0.39 is 12.1 Å². The Kier molecular flexibility index (Phi) is 57.5. The second kappa shape index (κ2) is 58.9. The van der Waals surface area contributed by atoms with E-state index >= 15 is 0 Å². The predicted molar refractivity (Wildman–Crippen MR) is 301 cm³/mol. The van der Waals surface area contributed by atoms with Crippen LogP contribution in [0.25, 0.3) is 0 Å². The maximum absolute atomic E-state index is 12.5. The summed E-state index contributed by atoms with van der Waals surface area (Å²) in [4.78, 5) is 24.5. The van der Waals surface area contributed by atoms with Crippen LogP contribution < -0.4 is 5.32 Å². The maximum Gasteiger partial charge on any atom is 0.305 e. The first-order valence-corrected chi connectivity index (χ1v) is 31.1. The van der Waals surface area contributed by atoms with Crippen LogP contribution in [0.4, 0.5) is 0 Å². The van der Waals surface area contributed by atoms with Crippen molar-refractivity contribution in [2.45, 2.75) is 353 Å². The molecule has 0 aromatic heterocycles. The molecule has 0 saturated heterocycles. The van der Waals surface area contributed by atoms with E-state index in [9.17, 15) is 19.8 Å². The van der Waals surface area contributed by atoms with Gasteiger partial charge in [-0.05, 0) is 57.8 Å². The van der Waals surface area contributed by atoms with Gasteiger partial charge in [0.2, 0.25) is 5.91 Å². The predicted octanol–water partition coefficient (Wildman–Crippen LogP) is 19.4. The second-order valence-corrected chi connectivity index (χ2v) is 21.4. The Labute approximate surface area is 431 Å². The van der Waals surface area contributed by atoms with Crippen molar-refractivity contribution in [2.24, 2.45) is 0 Å². The lowest BCUT2D eigenvalue weighted by atomic mass is 10.0. The molecule has 0 saturated carbocycles. The van der Waals surface area contributed by atoms with E-state index in [0.29, 0.717) is 19.4 Å². The number of ether oxygens (including phenoxy) is 1. The minimum atomic E-state index is -0.856. The summed E-state index contributed by atoms with van der Waals surface area (Å²) in [6.07, 6.45) is 72.1. The smallest absolute Gasteiger partial charge is 0.305 e. The highest BCUT2D eigenvalue weighted by Crippen LogP contribution is 2.17. The van der Waals surface area contributed by atoms with E-state index in [2.05, 4.69) is 31.3 Å². The number of amides is 1. The van der Waals surface area contributed by atoms with Gasteiger partial charge in [-0.15, -0.1) is 0 Å². The molecule has 0 aromatic carbocycles. The maximum atomic E-state index is 12.5. The number of aliphatic hydroxyl groups is 2. The molecule has 3 N–H and O–H groups in total. The van der Waals surface area contributed by atoms with E-state index in [1.165, 1.54) is 250 Å². The van der Waals surface area contributed by atoms with Crippen molar-refractivity contribution < 1.29 is 24.5 Å². The summed E-state index contributed by atoms with van der Waals surface area (Å²) in [5, 5.41) is 23.2. The van der Waals surface area contributed by atoms with E-state index in [-0.39, 0.29) is 18.5 Å². The third-order valence-corrected chi connectivity index (χ3v) is 14.5. The van der Waals surface area contributed by atoms with Crippen LogP contribution >= 0.6 is 0 Å². The van der Waals surface area contributed by atoms with Crippen molar-refractivity contribution >= 4 is 11.9 Å². The Morgan fingerprint density at radius 3 is 1.03 bits per heavy atom. The van der Waals surface area contributed by atoms with Crippen molar-refractivity contribution in [1.29, 1.82) is 0 Å². The zero-order valence-electron chi connectivity index (χ0n) is 46.6. The molecule has 6 nitrogen and oxygen atoms in total. The van der Waals surface area contributed by atoms with Gasteiger partial charge >= 0.3 is 5.97 Å². The molecule has 0 heterocycles. The Morgan fingerprint density at radius 2 is 0.681 bits per heavy atom. The summed E-state index contributed by atoms with van der Waals surface area (Å²) < 4.78 is 5.47. The fraction of sp³-hybridized carbons (Fsp3) is 0.905. The molecule has 6 heteroatoms. The van der Waals surface area contributed by atoms with E-state index in [1.807, 2.05) is 6.08 Å². The van der Waals surface area contributed by atoms with Gasteiger partial charge in [0.1, 0.15) is 0 Å². The summed E-state index contributed by atoms with van der Waals surface area (Å²) in [5.74, 6) is -0.0828. The molecule has 0 aromatic rings. The number of aliphatic hydroxyl groups excluding tert-OH is 2. The lowest BCUT2D eigenvalue weighted by Crippen LogP contribution is -2.45. The number of carbonyl (C=O) groups is 2. The number of carbonyl (C=O) groups excluding carboxylic acids is 2. The van der Waals surface area contributed by atoms with E-state index in [4.69, 9.17) is 4.74 Å². The molecule has 0 spiro atoms. The van der Waals surface area contributed by atoms with Gasteiger partial charge in [-0.25, -0.2) is 0 Å². The van der Waals surface area contributed by atoms with Crippen LogP contribution in [-0.4, -0.2) is 47.4 Å². The summed E-state index contributed by atoms with van der Waals surface area (Å²) in [6.45, 7) is 4.91. The van der Waals surface area contributed by atoms with Gasteiger partial charge in [0, 0.05) is 12.8 Å². The number of esters is 1. The zero-order valence-corrected chi connectivity index (χ0v) is 46.6. The highest BCUT2D eigenvalue weighted by Gasteiger charge is 2.18. The molecule has 2 atom stereocenters. The Morgan fingerprint density at radius 1 is 0.391 bits per heavy atom. The number of hydrogen-bond acceptors (Lipinski definition) is 5. The van der Waals surface area contributed by atoms with Crippen molar-refractivity contribution in [3.05, 3.63) is 24.3 Å². The molecule has 0 aliphatic rings. The molecule has 0 fully saturated rings. The minimum Gasteiger partial charge on any atom is -0.466 e. The molecule has 408 valence electrons. The van der Waals surface area contributed by atoms with Crippen molar-refractivity contribution in [1.82, 2.24) is 5.32 Å². The van der Waals surface area contributed by atoms with Crippen LogP contribution in [0.15, 0.2) is 24.3 Å². The van der Waals surface area contributed by atoms with Crippen LogP contribution in [0.3, 0.4) is 0 Å². The number of allylic oxidation sites excluding steroid dienone is 3. The summed E-state index contributed by atoms with van der Waals surface area (Å²) in [7, 11) is 0. The third kappa shape index (κ3) is 55.5. The second-order valence-electron chi connectivity index (χ2n) is 21.4. The molecule has 1 amide bonds. The number of unbranched alkanes of at least 4 members (excludes halogenated alkanes) is 45. The van der Waals surface area contributed by atoms with Gasteiger partial charge in [-0.3, -0.25) is 9.59 Å². The Hall–Kier alpha value is -1.66. The molecule has 0 bridgehead atoms. The summed E-state index contributed by atoms with van der Waals surface area (Å²) >= 11 is 0. The van der Waals surface area contributed by atoms with Gasteiger partial charge in [0.15, 0.2) is 0 Å². The number of nitrogens with one attached hydrogen (secondary N) is 1. The fourth-order valence-electron chi connectivity index (χ4n) is 9.69. The topological polar surface area (TPSA) is 95.9 Å². The fourth-order valence-corrected chi connectivity index (χ4v) is 9.69. The average molecular weight is 973 g/mol. The van der Waals surface area contributed by atoms with Gasteiger partial charge in [-0.1, -0.05) is 295 Å². The summed E-state index contributed by atoms with van der Waals surface area (Å²) in [5.41, 5.74) is 0. The van der Waals surface area contributed by atoms with Crippen molar-refractivity contribution in [2.75, 3.05) is 13.2 Å². The van der Waals surface area contributed by atoms with Crippen molar-refractivity contribution in [3.8, 4) is 0 Å². The van der Waals surface area contributed by atoms with Crippen LogP contribution in [0.1, 0.15) is 341 Å². The number of hydrogen-bond donors (Lipinski definition) is 3. The van der Waals surface area contributed by atoms with Crippen LogP contribution in [0.2, 0.25) is 0 Å². The third-order valence-electron chi connectivity index (χ3n) is 14.5. The largest absolute Gasteiger partial charge is 0.466 e. The highest BCUT2D eigenvalue weighted by atomic mass is 16.5. The quantitative estimate of drug-likeness (QED) is 0.0321. The molecule has 2 unspecified atom stereocenters. The molecule has 0 rings (SSSR count). The first kappa shape index (κ1) is 67.3. The molecule has 0 aliphatic heterocycles.